The van der Waals surface area contributed by atoms with Crippen molar-refractivity contribution in [2.24, 2.45) is 5.73 Å². The third-order valence-corrected chi connectivity index (χ3v) is 2.74. The number of rotatable bonds is 4. The third kappa shape index (κ3) is 2.43. The molecule has 1 aliphatic rings. The summed E-state index contributed by atoms with van der Waals surface area (Å²) in [6.45, 7) is 1.40. The van der Waals surface area contributed by atoms with Gasteiger partial charge in [-0.1, -0.05) is 0 Å². The first-order valence-electron chi connectivity index (χ1n) is 5.38. The van der Waals surface area contributed by atoms with Crippen LogP contribution < -0.4 is 11.1 Å². The van der Waals surface area contributed by atoms with Gasteiger partial charge in [0.05, 0.1) is 12.9 Å². The number of ether oxygens (including phenoxy) is 1. The van der Waals surface area contributed by atoms with Gasteiger partial charge in [0.2, 0.25) is 5.91 Å². The van der Waals surface area contributed by atoms with E-state index in [9.17, 15) is 4.79 Å². The van der Waals surface area contributed by atoms with Gasteiger partial charge in [0.1, 0.15) is 11.3 Å². The Hall–Kier alpha value is -1.33. The maximum atomic E-state index is 11.7. The molecule has 88 valence electrons. The summed E-state index contributed by atoms with van der Waals surface area (Å²) in [6.07, 6.45) is 2.88. The second-order valence-corrected chi connectivity index (χ2v) is 4.04. The highest BCUT2D eigenvalue weighted by atomic mass is 16.5. The van der Waals surface area contributed by atoms with E-state index in [2.05, 4.69) is 5.32 Å². The van der Waals surface area contributed by atoms with Gasteiger partial charge in [-0.15, -0.1) is 0 Å². The van der Waals surface area contributed by atoms with E-state index in [0.717, 1.165) is 5.76 Å². The van der Waals surface area contributed by atoms with Crippen molar-refractivity contribution in [3.63, 3.8) is 0 Å². The van der Waals surface area contributed by atoms with E-state index in [4.69, 9.17) is 14.9 Å². The number of hydrogen-bond donors (Lipinski definition) is 2. The fraction of sp³-hybridized carbons (Fsp3) is 0.545. The van der Waals surface area contributed by atoms with Crippen molar-refractivity contribution < 1.29 is 13.9 Å². The van der Waals surface area contributed by atoms with Crippen LogP contribution >= 0.6 is 0 Å². The summed E-state index contributed by atoms with van der Waals surface area (Å²) in [4.78, 5) is 11.7. The van der Waals surface area contributed by atoms with Crippen LogP contribution in [-0.4, -0.2) is 31.2 Å². The molecule has 1 aromatic heterocycles. The van der Waals surface area contributed by atoms with Gasteiger partial charge in [-0.25, -0.2) is 0 Å². The van der Waals surface area contributed by atoms with E-state index >= 15 is 0 Å². The lowest BCUT2D eigenvalue weighted by molar-refractivity contribution is -0.126. The number of furan rings is 1. The van der Waals surface area contributed by atoms with Gasteiger partial charge in [-0.2, -0.15) is 0 Å². The Balaban J connectivity index is 1.75. The van der Waals surface area contributed by atoms with Crippen LogP contribution in [0.2, 0.25) is 0 Å². The van der Waals surface area contributed by atoms with E-state index in [0.29, 0.717) is 32.6 Å². The lowest BCUT2D eigenvalue weighted by Crippen LogP contribution is -2.54. The molecule has 0 aromatic carbocycles. The third-order valence-electron chi connectivity index (χ3n) is 2.74. The Morgan fingerprint density at radius 1 is 1.62 bits per heavy atom. The SMILES string of the molecule is NC1(C(=O)NCCc2ccco2)CCOC1. The van der Waals surface area contributed by atoms with E-state index in [-0.39, 0.29) is 5.91 Å². The number of carbonyl (C=O) groups excluding carboxylic acids is 1. The van der Waals surface area contributed by atoms with Gasteiger partial charge in [0, 0.05) is 19.6 Å². The van der Waals surface area contributed by atoms with Crippen LogP contribution in [0.4, 0.5) is 0 Å². The lowest BCUT2D eigenvalue weighted by Gasteiger charge is -2.20. The van der Waals surface area contributed by atoms with Crippen LogP contribution in [0.5, 0.6) is 0 Å². The average molecular weight is 224 g/mol. The summed E-state index contributed by atoms with van der Waals surface area (Å²) in [6, 6.07) is 3.70. The Bertz CT molecular complexity index is 342. The highest BCUT2D eigenvalue weighted by Gasteiger charge is 2.37. The smallest absolute Gasteiger partial charge is 0.242 e. The van der Waals surface area contributed by atoms with E-state index < -0.39 is 5.54 Å². The maximum absolute atomic E-state index is 11.7. The number of hydrogen-bond acceptors (Lipinski definition) is 4. The van der Waals surface area contributed by atoms with Crippen molar-refractivity contribution in [2.45, 2.75) is 18.4 Å². The Morgan fingerprint density at radius 2 is 2.50 bits per heavy atom. The Kier molecular flexibility index (Phi) is 3.26. The zero-order valence-electron chi connectivity index (χ0n) is 9.07. The minimum atomic E-state index is -0.844. The first-order chi connectivity index (χ1) is 7.71. The molecule has 5 nitrogen and oxygen atoms in total. The monoisotopic (exact) mass is 224 g/mol. The minimum Gasteiger partial charge on any atom is -0.469 e. The standard InChI is InChI=1S/C11H16N2O3/c12-11(4-7-15-8-11)10(14)13-5-3-9-2-1-6-16-9/h1-2,6H,3-5,7-8,12H2,(H,13,14). The number of carbonyl (C=O) groups is 1. The fourth-order valence-electron chi connectivity index (χ4n) is 1.69. The molecule has 0 radical (unpaired) electrons. The minimum absolute atomic E-state index is 0.142. The zero-order valence-corrected chi connectivity index (χ0v) is 9.07. The largest absolute Gasteiger partial charge is 0.469 e. The lowest BCUT2D eigenvalue weighted by atomic mass is 9.99. The van der Waals surface area contributed by atoms with Crippen LogP contribution in [0.3, 0.4) is 0 Å². The first kappa shape index (κ1) is 11.2. The molecule has 1 unspecified atom stereocenters. The Labute approximate surface area is 93.9 Å². The average Bonchev–Trinajstić information content (AvgIpc) is 2.90. The van der Waals surface area contributed by atoms with Crippen molar-refractivity contribution in [1.29, 1.82) is 0 Å². The molecular formula is C11H16N2O3. The quantitative estimate of drug-likeness (QED) is 0.758. The van der Waals surface area contributed by atoms with Crippen molar-refractivity contribution in [3.05, 3.63) is 24.2 Å². The van der Waals surface area contributed by atoms with E-state index in [1.165, 1.54) is 0 Å². The summed E-state index contributed by atoms with van der Waals surface area (Å²) in [7, 11) is 0. The van der Waals surface area contributed by atoms with Crippen LogP contribution in [-0.2, 0) is 16.0 Å². The summed E-state index contributed by atoms with van der Waals surface area (Å²) in [5.41, 5.74) is 5.06. The molecule has 1 fully saturated rings. The van der Waals surface area contributed by atoms with Gasteiger partial charge in [-0.3, -0.25) is 4.79 Å². The molecule has 0 aliphatic carbocycles. The van der Waals surface area contributed by atoms with Crippen LogP contribution in [0.25, 0.3) is 0 Å². The highest BCUT2D eigenvalue weighted by Crippen LogP contribution is 2.15. The molecule has 1 saturated heterocycles. The predicted octanol–water partition coefficient (Wildman–Crippen LogP) is 0.0561. The topological polar surface area (TPSA) is 77.5 Å². The number of amides is 1. The van der Waals surface area contributed by atoms with Crippen molar-refractivity contribution in [1.82, 2.24) is 5.32 Å². The molecule has 0 saturated carbocycles. The number of nitrogens with one attached hydrogen (secondary N) is 1. The molecule has 1 aliphatic heterocycles. The van der Waals surface area contributed by atoms with Crippen LogP contribution in [0.1, 0.15) is 12.2 Å². The second kappa shape index (κ2) is 4.67. The van der Waals surface area contributed by atoms with Crippen molar-refractivity contribution in [3.8, 4) is 0 Å². The molecule has 1 atom stereocenters. The van der Waals surface area contributed by atoms with Crippen LogP contribution in [0.15, 0.2) is 22.8 Å². The van der Waals surface area contributed by atoms with Gasteiger partial charge in [0.25, 0.3) is 0 Å². The first-order valence-corrected chi connectivity index (χ1v) is 5.38. The molecule has 2 heterocycles. The van der Waals surface area contributed by atoms with Gasteiger partial charge in [-0.05, 0) is 18.6 Å². The van der Waals surface area contributed by atoms with Gasteiger partial charge >= 0.3 is 0 Å². The summed E-state index contributed by atoms with van der Waals surface area (Å²) in [5.74, 6) is 0.714. The molecule has 1 aromatic rings. The molecular weight excluding hydrogens is 208 g/mol. The predicted molar refractivity (Wildman–Crippen MR) is 57.8 cm³/mol. The molecule has 5 heteroatoms. The van der Waals surface area contributed by atoms with Gasteiger partial charge in [0.15, 0.2) is 0 Å². The summed E-state index contributed by atoms with van der Waals surface area (Å²) in [5, 5.41) is 2.80. The van der Waals surface area contributed by atoms with E-state index in [1.807, 2.05) is 12.1 Å². The molecule has 1 amide bonds. The Morgan fingerprint density at radius 3 is 3.12 bits per heavy atom. The molecule has 0 bridgehead atoms. The molecule has 2 rings (SSSR count). The molecule has 0 spiro atoms. The van der Waals surface area contributed by atoms with Crippen LogP contribution in [0, 0.1) is 0 Å². The normalized spacial score (nSPS) is 24.6. The van der Waals surface area contributed by atoms with Crippen molar-refractivity contribution in [2.75, 3.05) is 19.8 Å². The zero-order chi connectivity index (χ0) is 11.4. The second-order valence-electron chi connectivity index (χ2n) is 4.04. The molecule has 16 heavy (non-hydrogen) atoms. The fourth-order valence-corrected chi connectivity index (χ4v) is 1.69. The number of nitrogens with two attached hydrogens (primary N) is 1. The van der Waals surface area contributed by atoms with E-state index in [1.54, 1.807) is 6.26 Å². The summed E-state index contributed by atoms with van der Waals surface area (Å²) >= 11 is 0. The maximum Gasteiger partial charge on any atom is 0.242 e. The summed E-state index contributed by atoms with van der Waals surface area (Å²) < 4.78 is 10.3. The highest BCUT2D eigenvalue weighted by molar-refractivity contribution is 5.86. The molecule has 3 N–H and O–H groups in total. The van der Waals surface area contributed by atoms with Crippen molar-refractivity contribution >= 4 is 5.91 Å². The van der Waals surface area contributed by atoms with Gasteiger partial charge < -0.3 is 20.2 Å².